The van der Waals surface area contributed by atoms with Crippen molar-refractivity contribution in [1.29, 1.82) is 0 Å². The Labute approximate surface area is 121 Å². The number of aromatic nitrogens is 1. The number of anilines is 1. The first-order valence-corrected chi connectivity index (χ1v) is 8.66. The van der Waals surface area contributed by atoms with Crippen LogP contribution in [0.4, 0.5) is 5.69 Å². The van der Waals surface area contributed by atoms with E-state index in [4.69, 9.17) is 0 Å². The Morgan fingerprint density at radius 2 is 2.20 bits per heavy atom. The minimum Gasteiger partial charge on any atom is -0.386 e. The number of nitrogens with one attached hydrogen (secondary N) is 1. The van der Waals surface area contributed by atoms with Crippen molar-refractivity contribution >= 4 is 15.7 Å². The summed E-state index contributed by atoms with van der Waals surface area (Å²) in [5, 5.41) is 3.04. The van der Waals surface area contributed by atoms with E-state index in [9.17, 15) is 8.42 Å². The molecule has 1 unspecified atom stereocenters. The Bertz CT molecular complexity index is 545. The van der Waals surface area contributed by atoms with E-state index < -0.39 is 10.0 Å². The van der Waals surface area contributed by atoms with Crippen molar-refractivity contribution in [3.8, 4) is 0 Å². The number of nitrogens with zero attached hydrogens (tertiary/aromatic N) is 2. The number of hydrogen-bond donors (Lipinski definition) is 1. The van der Waals surface area contributed by atoms with Crippen molar-refractivity contribution in [1.82, 2.24) is 9.29 Å². The average Bonchev–Trinajstić information content (AvgIpc) is 2.73. The summed E-state index contributed by atoms with van der Waals surface area (Å²) >= 11 is 0. The fourth-order valence-electron chi connectivity index (χ4n) is 2.70. The molecule has 0 saturated carbocycles. The molecule has 0 bridgehead atoms. The van der Waals surface area contributed by atoms with Crippen molar-refractivity contribution in [3.63, 3.8) is 0 Å². The van der Waals surface area contributed by atoms with E-state index in [0.717, 1.165) is 25.7 Å². The van der Waals surface area contributed by atoms with E-state index >= 15 is 0 Å². The first-order valence-electron chi connectivity index (χ1n) is 7.22. The topological polar surface area (TPSA) is 62.3 Å². The molecule has 1 saturated heterocycles. The maximum Gasteiger partial charge on any atom is 0.262 e. The monoisotopic (exact) mass is 297 g/mol. The van der Waals surface area contributed by atoms with Crippen LogP contribution in [0.15, 0.2) is 23.4 Å². The van der Waals surface area contributed by atoms with Crippen LogP contribution in [-0.4, -0.2) is 37.8 Å². The molecule has 0 spiro atoms. The van der Waals surface area contributed by atoms with Gasteiger partial charge in [-0.25, -0.2) is 13.4 Å². The highest BCUT2D eigenvalue weighted by Crippen LogP contribution is 2.26. The molecule has 1 aromatic rings. The Hall–Kier alpha value is -1.14. The fourth-order valence-corrected chi connectivity index (χ4v) is 4.30. The van der Waals surface area contributed by atoms with Crippen LogP contribution in [0.5, 0.6) is 0 Å². The van der Waals surface area contributed by atoms with Gasteiger partial charge in [0.15, 0.2) is 5.03 Å². The lowest BCUT2D eigenvalue weighted by Crippen LogP contribution is -2.33. The van der Waals surface area contributed by atoms with Crippen molar-refractivity contribution in [2.75, 3.05) is 25.5 Å². The van der Waals surface area contributed by atoms with Crippen LogP contribution < -0.4 is 5.32 Å². The second kappa shape index (κ2) is 6.54. The molecular weight excluding hydrogens is 274 g/mol. The molecule has 1 aliphatic rings. The lowest BCUT2D eigenvalue weighted by Gasteiger charge is -2.21. The molecule has 1 fully saturated rings. The SMILES string of the molecule is CCC1CCCN(S(=O)(=O)c2ncccc2NC)CC1. The molecule has 5 nitrogen and oxygen atoms in total. The van der Waals surface area contributed by atoms with Crippen molar-refractivity contribution in [2.45, 2.75) is 37.6 Å². The number of hydrogen-bond acceptors (Lipinski definition) is 4. The van der Waals surface area contributed by atoms with Gasteiger partial charge < -0.3 is 5.32 Å². The molecule has 0 radical (unpaired) electrons. The zero-order valence-corrected chi connectivity index (χ0v) is 13.0. The standard InChI is InChI=1S/C14H23N3O2S/c1-3-12-6-5-10-17(11-8-12)20(18,19)14-13(15-2)7-4-9-16-14/h4,7,9,12,15H,3,5-6,8,10-11H2,1-2H3. The Kier molecular flexibility index (Phi) is 4.99. The number of sulfonamides is 1. The third-order valence-electron chi connectivity index (χ3n) is 4.01. The van der Waals surface area contributed by atoms with E-state index in [-0.39, 0.29) is 5.03 Å². The molecule has 2 heterocycles. The zero-order valence-electron chi connectivity index (χ0n) is 12.2. The van der Waals surface area contributed by atoms with Gasteiger partial charge in [-0.1, -0.05) is 13.3 Å². The molecule has 1 aromatic heterocycles. The predicted molar refractivity (Wildman–Crippen MR) is 80.2 cm³/mol. The van der Waals surface area contributed by atoms with Crippen LogP contribution >= 0.6 is 0 Å². The van der Waals surface area contributed by atoms with Crippen LogP contribution in [0.3, 0.4) is 0 Å². The minimum absolute atomic E-state index is 0.137. The average molecular weight is 297 g/mol. The molecule has 6 heteroatoms. The molecule has 1 aliphatic heterocycles. The van der Waals surface area contributed by atoms with E-state index in [0.29, 0.717) is 24.7 Å². The van der Waals surface area contributed by atoms with Gasteiger partial charge in [-0.2, -0.15) is 4.31 Å². The highest BCUT2D eigenvalue weighted by Gasteiger charge is 2.30. The summed E-state index contributed by atoms with van der Waals surface area (Å²) in [7, 11) is -1.79. The quantitative estimate of drug-likeness (QED) is 0.926. The van der Waals surface area contributed by atoms with Crippen molar-refractivity contribution in [3.05, 3.63) is 18.3 Å². The third-order valence-corrected chi connectivity index (χ3v) is 5.87. The summed E-state index contributed by atoms with van der Waals surface area (Å²) < 4.78 is 27.1. The van der Waals surface area contributed by atoms with Crippen molar-refractivity contribution in [2.24, 2.45) is 5.92 Å². The van der Waals surface area contributed by atoms with Gasteiger partial charge >= 0.3 is 0 Å². The van der Waals surface area contributed by atoms with Crippen LogP contribution in [0, 0.1) is 5.92 Å². The van der Waals surface area contributed by atoms with Crippen LogP contribution in [0.1, 0.15) is 32.6 Å². The van der Waals surface area contributed by atoms with E-state index in [1.54, 1.807) is 23.5 Å². The summed E-state index contributed by atoms with van der Waals surface area (Å²) in [6, 6.07) is 3.48. The summed E-state index contributed by atoms with van der Waals surface area (Å²) in [5.41, 5.74) is 0.559. The van der Waals surface area contributed by atoms with Crippen LogP contribution in [0.2, 0.25) is 0 Å². The normalized spacial score (nSPS) is 21.4. The lowest BCUT2D eigenvalue weighted by molar-refractivity contribution is 0.406. The summed E-state index contributed by atoms with van der Waals surface area (Å²) in [5.74, 6) is 0.641. The van der Waals surface area contributed by atoms with Gasteiger partial charge in [0.05, 0.1) is 5.69 Å². The first kappa shape index (κ1) is 15.3. The summed E-state index contributed by atoms with van der Waals surface area (Å²) in [4.78, 5) is 4.07. The van der Waals surface area contributed by atoms with Gasteiger partial charge in [0, 0.05) is 26.3 Å². The third kappa shape index (κ3) is 3.12. The maximum absolute atomic E-state index is 12.7. The largest absolute Gasteiger partial charge is 0.386 e. The van der Waals surface area contributed by atoms with Gasteiger partial charge in [0.1, 0.15) is 0 Å². The van der Waals surface area contributed by atoms with Gasteiger partial charge in [-0.15, -0.1) is 0 Å². The fraction of sp³-hybridized carbons (Fsp3) is 0.643. The molecule has 112 valence electrons. The van der Waals surface area contributed by atoms with E-state index in [1.165, 1.54) is 6.20 Å². The highest BCUT2D eigenvalue weighted by molar-refractivity contribution is 7.89. The smallest absolute Gasteiger partial charge is 0.262 e. The Morgan fingerprint density at radius 1 is 1.40 bits per heavy atom. The molecule has 0 amide bonds. The maximum atomic E-state index is 12.7. The first-order chi connectivity index (χ1) is 9.59. The Morgan fingerprint density at radius 3 is 2.90 bits per heavy atom. The second-order valence-electron chi connectivity index (χ2n) is 5.22. The molecule has 0 aliphatic carbocycles. The van der Waals surface area contributed by atoms with Crippen LogP contribution in [0.25, 0.3) is 0 Å². The van der Waals surface area contributed by atoms with Gasteiger partial charge in [0.2, 0.25) is 0 Å². The van der Waals surface area contributed by atoms with Gasteiger partial charge in [-0.05, 0) is 37.3 Å². The van der Waals surface area contributed by atoms with Crippen LogP contribution in [-0.2, 0) is 10.0 Å². The summed E-state index contributed by atoms with van der Waals surface area (Å²) in [6.07, 6.45) is 5.64. The molecule has 0 aromatic carbocycles. The Balaban J connectivity index is 2.26. The predicted octanol–water partition coefficient (Wildman–Crippen LogP) is 2.32. The minimum atomic E-state index is -3.50. The molecule has 2 rings (SSSR count). The zero-order chi connectivity index (χ0) is 14.6. The molecule has 20 heavy (non-hydrogen) atoms. The summed E-state index contributed by atoms with van der Waals surface area (Å²) in [6.45, 7) is 3.37. The highest BCUT2D eigenvalue weighted by atomic mass is 32.2. The number of pyridine rings is 1. The molecule has 1 atom stereocenters. The van der Waals surface area contributed by atoms with E-state index in [2.05, 4.69) is 17.2 Å². The van der Waals surface area contributed by atoms with E-state index in [1.807, 2.05) is 0 Å². The second-order valence-corrected chi connectivity index (χ2v) is 7.07. The van der Waals surface area contributed by atoms with Crippen molar-refractivity contribution < 1.29 is 8.42 Å². The van der Waals surface area contributed by atoms with Gasteiger partial charge in [0.25, 0.3) is 10.0 Å². The number of rotatable bonds is 4. The molecule has 1 N–H and O–H groups in total. The molecular formula is C14H23N3O2S. The lowest BCUT2D eigenvalue weighted by atomic mass is 9.98. The van der Waals surface area contributed by atoms with Gasteiger partial charge in [-0.3, -0.25) is 0 Å².